The van der Waals surface area contributed by atoms with Crippen molar-refractivity contribution in [3.8, 4) is 5.75 Å². The summed E-state index contributed by atoms with van der Waals surface area (Å²) >= 11 is 0. The van der Waals surface area contributed by atoms with Crippen molar-refractivity contribution in [1.29, 1.82) is 0 Å². The molecule has 2 saturated heterocycles. The number of aromatic amines is 1. The Bertz CT molecular complexity index is 1180. The number of nitrogens with one attached hydrogen (secondary N) is 1. The Morgan fingerprint density at radius 1 is 1.12 bits per heavy atom. The van der Waals surface area contributed by atoms with Crippen LogP contribution in [0.2, 0.25) is 0 Å². The van der Waals surface area contributed by atoms with Crippen molar-refractivity contribution in [1.82, 2.24) is 30.0 Å². The number of hydrogen-bond acceptors (Lipinski definition) is 6. The summed E-state index contributed by atoms with van der Waals surface area (Å²) in [5.41, 5.74) is 0.570. The van der Waals surface area contributed by atoms with Crippen molar-refractivity contribution in [3.05, 3.63) is 71.6 Å². The number of carbonyl (C=O) groups excluding carboxylic acids is 2. The highest BCUT2D eigenvalue weighted by atomic mass is 16.5. The number of nitrogens with zero attached hydrogens (tertiary/aromatic N) is 5. The molecule has 9 nitrogen and oxygen atoms in total. The van der Waals surface area contributed by atoms with Crippen molar-refractivity contribution in [2.75, 3.05) is 32.8 Å². The van der Waals surface area contributed by atoms with E-state index in [0.29, 0.717) is 61.3 Å². The Kier molecular flexibility index (Phi) is 5.32. The maximum Gasteiger partial charge on any atom is 0.257 e. The Labute approximate surface area is 191 Å². The second-order valence-electron chi connectivity index (χ2n) is 8.64. The molecule has 2 aliphatic heterocycles. The second kappa shape index (κ2) is 8.31. The number of para-hydroxylation sites is 1. The SMILES string of the molecule is CCOc1ccccc1C(=O)N1C[C@@H]2CN(C(=O)c3cccnc3)C[C@]2(c2n[nH]c(C)n2)C1. The molecular weight excluding hydrogens is 420 g/mol. The van der Waals surface area contributed by atoms with Gasteiger partial charge < -0.3 is 14.5 Å². The van der Waals surface area contributed by atoms with Crippen LogP contribution in [0, 0.1) is 12.8 Å². The van der Waals surface area contributed by atoms with Crippen LogP contribution in [-0.2, 0) is 5.41 Å². The second-order valence-corrected chi connectivity index (χ2v) is 8.64. The van der Waals surface area contributed by atoms with Crippen molar-refractivity contribution < 1.29 is 14.3 Å². The van der Waals surface area contributed by atoms with Crippen molar-refractivity contribution >= 4 is 11.8 Å². The molecule has 0 saturated carbocycles. The van der Waals surface area contributed by atoms with Gasteiger partial charge in [0.15, 0.2) is 5.82 Å². The van der Waals surface area contributed by atoms with Gasteiger partial charge in [0, 0.05) is 44.5 Å². The molecule has 2 amide bonds. The summed E-state index contributed by atoms with van der Waals surface area (Å²) in [7, 11) is 0. The van der Waals surface area contributed by atoms with E-state index >= 15 is 0 Å². The fourth-order valence-electron chi connectivity index (χ4n) is 5.02. The van der Waals surface area contributed by atoms with Gasteiger partial charge in [-0.2, -0.15) is 5.10 Å². The lowest BCUT2D eigenvalue weighted by Crippen LogP contribution is -2.42. The van der Waals surface area contributed by atoms with Crippen LogP contribution in [0.15, 0.2) is 48.8 Å². The lowest BCUT2D eigenvalue weighted by Gasteiger charge is -2.27. The first kappa shape index (κ1) is 21.1. The molecule has 9 heteroatoms. The van der Waals surface area contributed by atoms with Crippen LogP contribution >= 0.6 is 0 Å². The summed E-state index contributed by atoms with van der Waals surface area (Å²) in [5.74, 6) is 1.82. The average Bonchev–Trinajstić information content (AvgIpc) is 3.52. The number of rotatable bonds is 5. The predicted octanol–water partition coefficient (Wildman–Crippen LogP) is 2.07. The molecule has 2 aliphatic rings. The lowest BCUT2D eigenvalue weighted by molar-refractivity contribution is 0.0729. The van der Waals surface area contributed by atoms with Gasteiger partial charge in [-0.25, -0.2) is 4.98 Å². The summed E-state index contributed by atoms with van der Waals surface area (Å²) in [5, 5.41) is 7.39. The highest BCUT2D eigenvalue weighted by Crippen LogP contribution is 2.44. The summed E-state index contributed by atoms with van der Waals surface area (Å²) in [4.78, 5) is 39.0. The van der Waals surface area contributed by atoms with Gasteiger partial charge in [-0.1, -0.05) is 12.1 Å². The molecule has 1 N–H and O–H groups in total. The van der Waals surface area contributed by atoms with Gasteiger partial charge in [0.2, 0.25) is 0 Å². The molecule has 2 atom stereocenters. The van der Waals surface area contributed by atoms with Crippen LogP contribution in [0.4, 0.5) is 0 Å². The average molecular weight is 447 g/mol. The van der Waals surface area contributed by atoms with Crippen LogP contribution in [0.5, 0.6) is 5.75 Å². The fourth-order valence-corrected chi connectivity index (χ4v) is 5.02. The van der Waals surface area contributed by atoms with Gasteiger partial charge in [0.05, 0.1) is 23.1 Å². The molecule has 3 aromatic rings. The number of carbonyl (C=O) groups is 2. The summed E-state index contributed by atoms with van der Waals surface area (Å²) in [6.07, 6.45) is 3.23. The van der Waals surface area contributed by atoms with Crippen LogP contribution in [0.3, 0.4) is 0 Å². The third kappa shape index (κ3) is 3.63. The fraction of sp³-hybridized carbons (Fsp3) is 0.375. The van der Waals surface area contributed by atoms with Crippen LogP contribution in [0.25, 0.3) is 0 Å². The van der Waals surface area contributed by atoms with E-state index in [1.54, 1.807) is 30.6 Å². The number of amides is 2. The molecular formula is C24H26N6O3. The van der Waals surface area contributed by atoms with Gasteiger partial charge in [-0.3, -0.25) is 19.7 Å². The predicted molar refractivity (Wildman–Crippen MR) is 120 cm³/mol. The topological polar surface area (TPSA) is 104 Å². The smallest absolute Gasteiger partial charge is 0.257 e. The summed E-state index contributed by atoms with van der Waals surface area (Å²) in [6, 6.07) is 10.8. The Balaban J connectivity index is 1.45. The minimum absolute atomic E-state index is 0.0246. The molecule has 2 fully saturated rings. The highest BCUT2D eigenvalue weighted by Gasteiger charge is 2.58. The van der Waals surface area contributed by atoms with E-state index in [2.05, 4.69) is 20.2 Å². The van der Waals surface area contributed by atoms with E-state index in [9.17, 15) is 9.59 Å². The molecule has 4 heterocycles. The van der Waals surface area contributed by atoms with Gasteiger partial charge in [-0.15, -0.1) is 0 Å². The van der Waals surface area contributed by atoms with E-state index in [0.717, 1.165) is 0 Å². The van der Waals surface area contributed by atoms with E-state index in [4.69, 9.17) is 4.74 Å². The van der Waals surface area contributed by atoms with Gasteiger partial charge in [0.1, 0.15) is 11.6 Å². The molecule has 170 valence electrons. The van der Waals surface area contributed by atoms with E-state index in [1.165, 1.54) is 0 Å². The number of ether oxygens (including phenoxy) is 1. The van der Waals surface area contributed by atoms with E-state index < -0.39 is 5.41 Å². The van der Waals surface area contributed by atoms with Crippen LogP contribution in [-0.4, -0.2) is 74.6 Å². The Morgan fingerprint density at radius 3 is 2.55 bits per heavy atom. The number of H-pyrrole nitrogens is 1. The molecule has 0 aliphatic carbocycles. The highest BCUT2D eigenvalue weighted by molar-refractivity contribution is 5.97. The van der Waals surface area contributed by atoms with E-state index in [-0.39, 0.29) is 17.7 Å². The minimum atomic E-state index is -0.529. The largest absolute Gasteiger partial charge is 0.493 e. The first-order chi connectivity index (χ1) is 16.0. The maximum absolute atomic E-state index is 13.5. The minimum Gasteiger partial charge on any atom is -0.493 e. The van der Waals surface area contributed by atoms with Gasteiger partial charge in [-0.05, 0) is 38.1 Å². The lowest BCUT2D eigenvalue weighted by atomic mass is 9.80. The third-order valence-electron chi connectivity index (χ3n) is 6.55. The number of aryl methyl sites for hydroxylation is 1. The first-order valence-electron chi connectivity index (χ1n) is 11.1. The summed E-state index contributed by atoms with van der Waals surface area (Å²) in [6.45, 7) is 6.16. The molecule has 1 aromatic carbocycles. The number of hydrogen-bond donors (Lipinski definition) is 1. The zero-order valence-electron chi connectivity index (χ0n) is 18.7. The maximum atomic E-state index is 13.5. The van der Waals surface area contributed by atoms with Crippen molar-refractivity contribution in [3.63, 3.8) is 0 Å². The van der Waals surface area contributed by atoms with E-state index in [1.807, 2.05) is 41.8 Å². The molecule has 0 spiro atoms. The number of likely N-dealkylation sites (tertiary alicyclic amines) is 2. The molecule has 0 bridgehead atoms. The normalized spacial score (nSPS) is 21.8. The zero-order chi connectivity index (χ0) is 23.0. The van der Waals surface area contributed by atoms with Crippen molar-refractivity contribution in [2.45, 2.75) is 19.3 Å². The Morgan fingerprint density at radius 2 is 1.88 bits per heavy atom. The number of benzene rings is 1. The first-order valence-corrected chi connectivity index (χ1v) is 11.1. The molecule has 33 heavy (non-hydrogen) atoms. The third-order valence-corrected chi connectivity index (χ3v) is 6.55. The molecule has 2 aromatic heterocycles. The van der Waals surface area contributed by atoms with Gasteiger partial charge in [0.25, 0.3) is 11.8 Å². The monoisotopic (exact) mass is 446 g/mol. The number of pyridine rings is 1. The standard InChI is InChI=1S/C24H26N6O3/c1-3-33-20-9-5-4-8-19(20)22(32)30-13-18-12-29(21(31)17-7-6-10-25-11-17)14-24(18,15-30)23-26-16(2)27-28-23/h4-11,18H,3,12-15H2,1-2H3,(H,26,27,28)/t18-,24-/m0/s1. The number of fused-ring (bicyclic) bond motifs is 1. The molecule has 5 rings (SSSR count). The molecule has 0 unspecified atom stereocenters. The Hall–Kier alpha value is -3.75. The summed E-state index contributed by atoms with van der Waals surface area (Å²) < 4.78 is 5.69. The van der Waals surface area contributed by atoms with Gasteiger partial charge >= 0.3 is 0 Å². The van der Waals surface area contributed by atoms with Crippen LogP contribution < -0.4 is 4.74 Å². The van der Waals surface area contributed by atoms with Crippen molar-refractivity contribution in [2.24, 2.45) is 5.92 Å². The molecule has 0 radical (unpaired) electrons. The number of aromatic nitrogens is 4. The van der Waals surface area contributed by atoms with Crippen LogP contribution in [0.1, 0.15) is 39.3 Å². The quantitative estimate of drug-likeness (QED) is 0.644. The zero-order valence-corrected chi connectivity index (χ0v) is 18.7.